The summed E-state index contributed by atoms with van der Waals surface area (Å²) in [6, 6.07) is 4.20. The van der Waals surface area contributed by atoms with Gasteiger partial charge in [0.25, 0.3) is 5.91 Å². The third kappa shape index (κ3) is 5.41. The molecule has 5 nitrogen and oxygen atoms in total. The van der Waals surface area contributed by atoms with Crippen molar-refractivity contribution >= 4 is 31.9 Å². The van der Waals surface area contributed by atoms with Crippen molar-refractivity contribution in [2.24, 2.45) is 16.5 Å². The molecule has 0 aliphatic heterocycles. The van der Waals surface area contributed by atoms with Gasteiger partial charge in [-0.2, -0.15) is 0 Å². The van der Waals surface area contributed by atoms with Crippen molar-refractivity contribution in [2.75, 3.05) is 6.54 Å². The monoisotopic (exact) mass is 376 g/mol. The summed E-state index contributed by atoms with van der Waals surface area (Å²) in [5, 5.41) is 7.91. The van der Waals surface area contributed by atoms with Gasteiger partial charge in [-0.3, -0.25) is 4.79 Å². The first kappa shape index (κ1) is 18.1. The van der Waals surface area contributed by atoms with E-state index in [-0.39, 0.29) is 27.7 Å². The molecule has 0 aliphatic rings. The number of carbonyl (C=O) groups is 1. The maximum absolute atomic E-state index is 12.1. The lowest BCUT2D eigenvalue weighted by atomic mass is 9.82. The van der Waals surface area contributed by atoms with Crippen molar-refractivity contribution in [1.29, 1.82) is 0 Å². The third-order valence-corrected chi connectivity index (χ3v) is 4.86. The van der Waals surface area contributed by atoms with Gasteiger partial charge < -0.3 is 5.32 Å². The van der Waals surface area contributed by atoms with Crippen LogP contribution in [0.4, 0.5) is 0 Å². The smallest absolute Gasteiger partial charge is 0.251 e. The summed E-state index contributed by atoms with van der Waals surface area (Å²) < 4.78 is 23.3. The van der Waals surface area contributed by atoms with Gasteiger partial charge in [0.1, 0.15) is 0 Å². The number of rotatable bonds is 4. The van der Waals surface area contributed by atoms with Gasteiger partial charge in [-0.05, 0) is 29.5 Å². The Morgan fingerprint density at radius 2 is 1.90 bits per heavy atom. The fourth-order valence-electron chi connectivity index (χ4n) is 1.51. The van der Waals surface area contributed by atoms with Crippen molar-refractivity contribution in [2.45, 2.75) is 32.6 Å². The van der Waals surface area contributed by atoms with Crippen LogP contribution in [0.15, 0.2) is 27.6 Å². The highest BCUT2D eigenvalue weighted by atomic mass is 79.9. The number of nitrogens with two attached hydrogens (primary N) is 1. The molecule has 0 saturated carbocycles. The molecule has 1 atom stereocenters. The third-order valence-electron chi connectivity index (χ3n) is 3.51. The van der Waals surface area contributed by atoms with Crippen LogP contribution in [0.5, 0.6) is 0 Å². The van der Waals surface area contributed by atoms with Crippen LogP contribution in [0.25, 0.3) is 0 Å². The molecule has 1 rings (SSSR count). The number of benzene rings is 1. The van der Waals surface area contributed by atoms with Crippen molar-refractivity contribution in [1.82, 2.24) is 5.32 Å². The van der Waals surface area contributed by atoms with E-state index in [0.717, 1.165) is 0 Å². The van der Waals surface area contributed by atoms with Crippen molar-refractivity contribution in [3.63, 3.8) is 0 Å². The fraction of sp³-hybridized carbons (Fsp3) is 0.500. The van der Waals surface area contributed by atoms with Crippen LogP contribution < -0.4 is 10.5 Å². The Morgan fingerprint density at radius 1 is 1.33 bits per heavy atom. The van der Waals surface area contributed by atoms with Crippen molar-refractivity contribution < 1.29 is 13.2 Å². The fourth-order valence-corrected chi connectivity index (χ4v) is 2.74. The average molecular weight is 377 g/mol. The number of hydrogen-bond donors (Lipinski definition) is 2. The highest BCUT2D eigenvalue weighted by Gasteiger charge is 2.21. The Labute approximate surface area is 134 Å². The van der Waals surface area contributed by atoms with E-state index in [9.17, 15) is 13.2 Å². The van der Waals surface area contributed by atoms with Crippen LogP contribution in [-0.2, 0) is 10.0 Å². The maximum atomic E-state index is 12.1. The number of halogens is 1. The minimum Gasteiger partial charge on any atom is -0.352 e. The number of sulfonamides is 1. The lowest BCUT2D eigenvalue weighted by molar-refractivity contribution is 0.0937. The Kier molecular flexibility index (Phi) is 5.57. The van der Waals surface area contributed by atoms with Gasteiger partial charge in [-0.25, -0.2) is 13.6 Å². The first-order valence-electron chi connectivity index (χ1n) is 6.53. The topological polar surface area (TPSA) is 89.3 Å². The van der Waals surface area contributed by atoms with Crippen LogP contribution in [0.3, 0.4) is 0 Å². The normalized spacial score (nSPS) is 13.8. The van der Waals surface area contributed by atoms with E-state index in [2.05, 4.69) is 48.9 Å². The molecule has 118 valence electrons. The minimum absolute atomic E-state index is 0.0797. The number of amides is 1. The number of primary sulfonamides is 1. The molecule has 0 radical (unpaired) electrons. The Balaban J connectivity index is 2.92. The molecule has 1 unspecified atom stereocenters. The molecule has 0 spiro atoms. The molecule has 3 N–H and O–H groups in total. The Bertz CT molecular complexity index is 636. The molecule has 1 aromatic rings. The molecule has 21 heavy (non-hydrogen) atoms. The summed E-state index contributed by atoms with van der Waals surface area (Å²) in [6.45, 7) is 8.86. The highest BCUT2D eigenvalue weighted by molar-refractivity contribution is 9.10. The minimum atomic E-state index is -3.85. The summed E-state index contributed by atoms with van der Waals surface area (Å²) >= 11 is 3.19. The maximum Gasteiger partial charge on any atom is 0.251 e. The number of nitrogens with one attached hydrogen (secondary N) is 1. The molecule has 1 amide bonds. The van der Waals surface area contributed by atoms with Crippen molar-refractivity contribution in [3.8, 4) is 0 Å². The van der Waals surface area contributed by atoms with E-state index >= 15 is 0 Å². The van der Waals surface area contributed by atoms with Gasteiger partial charge in [0.2, 0.25) is 10.0 Å². The van der Waals surface area contributed by atoms with Gasteiger partial charge in [0.05, 0.1) is 4.90 Å². The Hall–Kier alpha value is -0.920. The SMILES string of the molecule is CC(CNC(=O)c1cc(Br)cc(S(N)(=O)=O)c1)C(C)(C)C. The zero-order valence-electron chi connectivity index (χ0n) is 12.6. The molecule has 0 saturated heterocycles. The van der Waals surface area contributed by atoms with Crippen LogP contribution in [-0.4, -0.2) is 20.9 Å². The largest absolute Gasteiger partial charge is 0.352 e. The standard InChI is InChI=1S/C14H21BrN2O3S/c1-9(14(2,3)4)8-17-13(18)10-5-11(15)7-12(6-10)21(16,19)20/h5-7,9H,8H2,1-4H3,(H,17,18)(H2,16,19,20). The van der Waals surface area contributed by atoms with E-state index in [0.29, 0.717) is 11.0 Å². The molecule has 1 aromatic carbocycles. The van der Waals surface area contributed by atoms with Gasteiger partial charge in [0, 0.05) is 16.6 Å². The second kappa shape index (κ2) is 6.46. The molecule has 7 heteroatoms. The Morgan fingerprint density at radius 3 is 2.38 bits per heavy atom. The van der Waals surface area contributed by atoms with Crippen LogP contribution in [0, 0.1) is 11.3 Å². The van der Waals surface area contributed by atoms with Crippen LogP contribution in [0.2, 0.25) is 0 Å². The number of carbonyl (C=O) groups excluding carboxylic acids is 1. The summed E-state index contributed by atoms with van der Waals surface area (Å²) in [7, 11) is -3.85. The van der Waals surface area contributed by atoms with E-state index in [4.69, 9.17) is 5.14 Å². The van der Waals surface area contributed by atoms with Gasteiger partial charge >= 0.3 is 0 Å². The molecular weight excluding hydrogens is 356 g/mol. The number of hydrogen-bond acceptors (Lipinski definition) is 3. The average Bonchev–Trinajstić information content (AvgIpc) is 2.32. The van der Waals surface area contributed by atoms with E-state index < -0.39 is 10.0 Å². The molecule has 0 aliphatic carbocycles. The lowest BCUT2D eigenvalue weighted by Gasteiger charge is -2.27. The molecule has 0 aromatic heterocycles. The zero-order valence-corrected chi connectivity index (χ0v) is 15.0. The van der Waals surface area contributed by atoms with Gasteiger partial charge in [0.15, 0.2) is 0 Å². The predicted molar refractivity (Wildman–Crippen MR) is 86.5 cm³/mol. The zero-order chi connectivity index (χ0) is 16.4. The van der Waals surface area contributed by atoms with E-state index in [1.165, 1.54) is 12.1 Å². The lowest BCUT2D eigenvalue weighted by Crippen LogP contribution is -2.33. The second-order valence-corrected chi connectivity index (χ2v) is 8.67. The summed E-state index contributed by atoms with van der Waals surface area (Å²) in [6.07, 6.45) is 0. The van der Waals surface area contributed by atoms with Crippen molar-refractivity contribution in [3.05, 3.63) is 28.2 Å². The molecule has 0 heterocycles. The second-order valence-electron chi connectivity index (χ2n) is 6.20. The van der Waals surface area contributed by atoms with Gasteiger partial charge in [-0.1, -0.05) is 43.6 Å². The summed E-state index contributed by atoms with van der Waals surface area (Å²) in [4.78, 5) is 12.0. The van der Waals surface area contributed by atoms with Crippen LogP contribution >= 0.6 is 15.9 Å². The first-order chi connectivity index (χ1) is 9.41. The molecule has 0 bridgehead atoms. The van der Waals surface area contributed by atoms with E-state index in [1.54, 1.807) is 6.07 Å². The summed E-state index contributed by atoms with van der Waals surface area (Å²) in [5.41, 5.74) is 0.338. The van der Waals surface area contributed by atoms with Crippen LogP contribution in [0.1, 0.15) is 38.1 Å². The molecule has 0 fully saturated rings. The first-order valence-corrected chi connectivity index (χ1v) is 8.87. The van der Waals surface area contributed by atoms with E-state index in [1.807, 2.05) is 0 Å². The predicted octanol–water partition coefficient (Wildman–Crippen LogP) is 2.51. The van der Waals surface area contributed by atoms with Gasteiger partial charge in [-0.15, -0.1) is 0 Å². The molecular formula is C14H21BrN2O3S. The highest BCUT2D eigenvalue weighted by Crippen LogP contribution is 2.24. The summed E-state index contributed by atoms with van der Waals surface area (Å²) in [5.74, 6) is -0.0383. The quantitative estimate of drug-likeness (QED) is 0.845.